The number of thiazole rings is 2. The van der Waals surface area contributed by atoms with Gasteiger partial charge in [-0.15, -0.1) is 22.7 Å². The van der Waals surface area contributed by atoms with Gasteiger partial charge in [0, 0.05) is 38.3 Å². The average molecular weight is 612 g/mol. The van der Waals surface area contributed by atoms with Gasteiger partial charge in [-0.05, 0) is 57.3 Å². The van der Waals surface area contributed by atoms with E-state index >= 15 is 0 Å². The second kappa shape index (κ2) is 10.7. The highest BCUT2D eigenvalue weighted by Crippen LogP contribution is 2.42. The summed E-state index contributed by atoms with van der Waals surface area (Å²) in [6, 6.07) is 46.4. The van der Waals surface area contributed by atoms with E-state index in [1.165, 1.54) is 54.8 Å². The fourth-order valence-corrected chi connectivity index (χ4v) is 7.64. The predicted molar refractivity (Wildman–Crippen MR) is 191 cm³/mol. The maximum Gasteiger partial charge on any atom is 0.0811 e. The molecule has 0 aliphatic rings. The van der Waals surface area contributed by atoms with Gasteiger partial charge in [-0.3, -0.25) is 0 Å². The maximum absolute atomic E-state index is 4.51. The van der Waals surface area contributed by atoms with E-state index in [0.717, 1.165) is 28.2 Å². The molecular formula is C40H25N3S2. The fourth-order valence-electron chi connectivity index (χ4n) is 6.52. The van der Waals surface area contributed by atoms with E-state index in [-0.39, 0.29) is 0 Å². The Morgan fingerprint density at radius 1 is 0.444 bits per heavy atom. The number of aromatic nitrogens is 3. The number of benzene rings is 6. The van der Waals surface area contributed by atoms with Gasteiger partial charge in [0.25, 0.3) is 0 Å². The summed E-state index contributed by atoms with van der Waals surface area (Å²) in [5.74, 6) is 0. The third-order valence-corrected chi connectivity index (χ3v) is 9.83. The molecule has 0 aliphatic heterocycles. The molecule has 3 nitrogen and oxygen atoms in total. The Balaban J connectivity index is 1.28. The first-order valence-corrected chi connectivity index (χ1v) is 16.7. The average Bonchev–Trinajstić information content (AvgIpc) is 3.90. The van der Waals surface area contributed by atoms with Crippen LogP contribution in [-0.4, -0.2) is 14.5 Å². The maximum atomic E-state index is 4.51. The van der Waals surface area contributed by atoms with Gasteiger partial charge in [-0.2, -0.15) is 0 Å². The SMILES string of the molecule is c1ccc(-n2c3cc(-c4ccc(-c5cscn5)cc4)ccc3c3c4ccccc4c(-c4ccc(-c5cscn5)cc4)cc32)cc1. The summed E-state index contributed by atoms with van der Waals surface area (Å²) in [6.07, 6.45) is 0. The van der Waals surface area contributed by atoms with E-state index in [9.17, 15) is 0 Å². The van der Waals surface area contributed by atoms with E-state index in [1.54, 1.807) is 22.7 Å². The van der Waals surface area contributed by atoms with Gasteiger partial charge in [0.2, 0.25) is 0 Å². The Kier molecular flexibility index (Phi) is 6.18. The van der Waals surface area contributed by atoms with Gasteiger partial charge in [0.15, 0.2) is 0 Å². The van der Waals surface area contributed by atoms with Crippen molar-refractivity contribution in [2.75, 3.05) is 0 Å². The molecule has 3 aromatic heterocycles. The number of nitrogens with zero attached hydrogens (tertiary/aromatic N) is 3. The summed E-state index contributed by atoms with van der Waals surface area (Å²) in [5, 5.41) is 9.22. The van der Waals surface area contributed by atoms with Gasteiger partial charge in [-0.25, -0.2) is 9.97 Å². The highest BCUT2D eigenvalue weighted by Gasteiger charge is 2.19. The molecule has 3 heterocycles. The van der Waals surface area contributed by atoms with Gasteiger partial charge in [0.1, 0.15) is 0 Å². The molecule has 0 spiro atoms. The lowest BCUT2D eigenvalue weighted by Gasteiger charge is -2.12. The van der Waals surface area contributed by atoms with Crippen LogP contribution in [0.3, 0.4) is 0 Å². The number of hydrogen-bond donors (Lipinski definition) is 0. The van der Waals surface area contributed by atoms with Gasteiger partial charge in [-0.1, -0.05) is 103 Å². The molecule has 0 saturated carbocycles. The minimum absolute atomic E-state index is 1.02. The number of para-hydroxylation sites is 1. The number of fused-ring (bicyclic) bond motifs is 5. The van der Waals surface area contributed by atoms with Crippen molar-refractivity contribution in [1.29, 1.82) is 0 Å². The van der Waals surface area contributed by atoms with Crippen LogP contribution in [-0.2, 0) is 0 Å². The summed E-state index contributed by atoms with van der Waals surface area (Å²) in [5.41, 5.74) is 16.4. The van der Waals surface area contributed by atoms with E-state index in [1.807, 2.05) is 11.0 Å². The van der Waals surface area contributed by atoms with E-state index in [4.69, 9.17) is 0 Å². The highest BCUT2D eigenvalue weighted by atomic mass is 32.1. The van der Waals surface area contributed by atoms with Crippen LogP contribution in [0.1, 0.15) is 0 Å². The van der Waals surface area contributed by atoms with Gasteiger partial charge < -0.3 is 4.57 Å². The topological polar surface area (TPSA) is 30.7 Å². The first-order chi connectivity index (χ1) is 22.3. The lowest BCUT2D eigenvalue weighted by molar-refractivity contribution is 1.18. The molecule has 0 aliphatic carbocycles. The van der Waals surface area contributed by atoms with Gasteiger partial charge >= 0.3 is 0 Å². The molecule has 9 aromatic rings. The fraction of sp³-hybridized carbons (Fsp3) is 0. The molecule has 0 atom stereocenters. The Morgan fingerprint density at radius 3 is 1.67 bits per heavy atom. The van der Waals surface area contributed by atoms with Crippen LogP contribution in [0.4, 0.5) is 0 Å². The zero-order valence-corrected chi connectivity index (χ0v) is 25.7. The normalized spacial score (nSPS) is 11.6. The number of hydrogen-bond acceptors (Lipinski definition) is 4. The zero-order valence-electron chi connectivity index (χ0n) is 24.1. The Hall–Kier alpha value is -5.36. The molecule has 9 rings (SSSR count). The van der Waals surface area contributed by atoms with Gasteiger partial charge in [0.05, 0.1) is 33.4 Å². The molecular weight excluding hydrogens is 587 g/mol. The lowest BCUT2D eigenvalue weighted by Crippen LogP contribution is -1.94. The molecule has 0 saturated heterocycles. The molecule has 45 heavy (non-hydrogen) atoms. The molecule has 6 aromatic carbocycles. The summed E-state index contributed by atoms with van der Waals surface area (Å²) in [6.45, 7) is 0. The zero-order chi connectivity index (χ0) is 29.7. The Bertz CT molecular complexity index is 2440. The Labute approximate surface area is 268 Å². The van der Waals surface area contributed by atoms with Crippen LogP contribution in [0, 0.1) is 0 Å². The van der Waals surface area contributed by atoms with Crippen LogP contribution in [0.15, 0.2) is 149 Å². The predicted octanol–water partition coefficient (Wildman–Crippen LogP) is 11.5. The molecule has 0 fully saturated rings. The van der Waals surface area contributed by atoms with Crippen molar-refractivity contribution in [3.8, 4) is 50.5 Å². The van der Waals surface area contributed by atoms with Crippen LogP contribution in [0.5, 0.6) is 0 Å². The van der Waals surface area contributed by atoms with Crippen molar-refractivity contribution in [3.63, 3.8) is 0 Å². The first-order valence-electron chi connectivity index (χ1n) is 14.9. The molecule has 0 amide bonds. The summed E-state index contributed by atoms with van der Waals surface area (Å²) >= 11 is 3.25. The van der Waals surface area contributed by atoms with Crippen LogP contribution < -0.4 is 0 Å². The Morgan fingerprint density at radius 2 is 1.02 bits per heavy atom. The second-order valence-corrected chi connectivity index (χ2v) is 12.6. The molecule has 212 valence electrons. The van der Waals surface area contributed by atoms with Crippen molar-refractivity contribution in [2.45, 2.75) is 0 Å². The molecule has 0 bridgehead atoms. The van der Waals surface area contributed by atoms with Crippen molar-refractivity contribution in [3.05, 3.63) is 149 Å². The van der Waals surface area contributed by atoms with Crippen molar-refractivity contribution < 1.29 is 0 Å². The molecule has 5 heteroatoms. The lowest BCUT2D eigenvalue weighted by atomic mass is 9.94. The van der Waals surface area contributed by atoms with Crippen molar-refractivity contribution >= 4 is 55.3 Å². The van der Waals surface area contributed by atoms with E-state index < -0.39 is 0 Å². The van der Waals surface area contributed by atoms with Crippen LogP contribution in [0.2, 0.25) is 0 Å². The highest BCUT2D eigenvalue weighted by molar-refractivity contribution is 7.08. The summed E-state index contributed by atoms with van der Waals surface area (Å²) in [4.78, 5) is 8.99. The largest absolute Gasteiger partial charge is 0.309 e. The minimum Gasteiger partial charge on any atom is -0.309 e. The second-order valence-electron chi connectivity index (χ2n) is 11.2. The van der Waals surface area contributed by atoms with Crippen molar-refractivity contribution in [2.24, 2.45) is 0 Å². The molecule has 0 unspecified atom stereocenters. The third kappa shape index (κ3) is 4.40. The minimum atomic E-state index is 1.02. The number of rotatable bonds is 5. The summed E-state index contributed by atoms with van der Waals surface area (Å²) < 4.78 is 2.43. The smallest absolute Gasteiger partial charge is 0.0811 e. The summed E-state index contributed by atoms with van der Waals surface area (Å²) in [7, 11) is 0. The quantitative estimate of drug-likeness (QED) is 0.194. The monoisotopic (exact) mass is 611 g/mol. The van der Waals surface area contributed by atoms with E-state index in [0.29, 0.717) is 0 Å². The van der Waals surface area contributed by atoms with E-state index in [2.05, 4.69) is 153 Å². The van der Waals surface area contributed by atoms with Crippen molar-refractivity contribution in [1.82, 2.24) is 14.5 Å². The first kappa shape index (κ1) is 26.1. The third-order valence-electron chi connectivity index (χ3n) is 8.66. The standard InChI is InChI=1S/C40H25N3S2/c1-2-6-31(7-3-1)43-38-20-30(26-10-14-28(15-11-26)36-22-44-24-41-36)18-19-34(38)40-33-9-5-4-8-32(33)35(21-39(40)43)27-12-16-29(17-13-27)37-23-45-25-42-37/h1-25H. The van der Waals surface area contributed by atoms with Crippen LogP contribution in [0.25, 0.3) is 83.0 Å². The molecule has 0 N–H and O–H groups in total. The van der Waals surface area contributed by atoms with Crippen LogP contribution >= 0.6 is 22.7 Å². The molecule has 0 radical (unpaired) electrons.